The molecule has 1 heterocycles. The van der Waals surface area contributed by atoms with Crippen LogP contribution < -0.4 is 20.1 Å². The number of carboxylic acid groups (broad SMARTS) is 1. The molecule has 29 heavy (non-hydrogen) atoms. The van der Waals surface area contributed by atoms with Gasteiger partial charge in [0.05, 0.1) is 18.2 Å². The molecule has 0 saturated heterocycles. The Morgan fingerprint density at radius 2 is 2.00 bits per heavy atom. The Morgan fingerprint density at radius 1 is 1.24 bits per heavy atom. The van der Waals surface area contributed by atoms with Crippen molar-refractivity contribution in [3.8, 4) is 11.5 Å². The Morgan fingerprint density at radius 3 is 2.69 bits per heavy atom. The normalized spacial score (nSPS) is 13.5. The minimum Gasteiger partial charge on any atom is -0.494 e. The molecule has 8 heteroatoms. The van der Waals surface area contributed by atoms with Crippen LogP contribution in [-0.4, -0.2) is 42.6 Å². The Bertz CT molecular complexity index is 910. The number of benzene rings is 2. The number of ether oxygens (including phenoxy) is 2. The number of hydrogen-bond donors (Lipinski definition) is 3. The molecule has 2 amide bonds. The number of carbonyl (C=O) groups is 3. The van der Waals surface area contributed by atoms with Gasteiger partial charge in [0.25, 0.3) is 11.8 Å². The summed E-state index contributed by atoms with van der Waals surface area (Å²) >= 11 is 0. The van der Waals surface area contributed by atoms with Gasteiger partial charge in [-0.25, -0.2) is 0 Å². The summed E-state index contributed by atoms with van der Waals surface area (Å²) < 4.78 is 10.7. The van der Waals surface area contributed by atoms with Crippen molar-refractivity contribution < 1.29 is 29.0 Å². The van der Waals surface area contributed by atoms with Gasteiger partial charge in [0, 0.05) is 12.1 Å². The summed E-state index contributed by atoms with van der Waals surface area (Å²) in [5, 5.41) is 14.8. The fourth-order valence-corrected chi connectivity index (χ4v) is 2.95. The average molecular weight is 398 g/mol. The first-order valence-corrected chi connectivity index (χ1v) is 9.25. The van der Waals surface area contributed by atoms with Crippen LogP contribution in [0.25, 0.3) is 0 Å². The molecular weight excluding hydrogens is 376 g/mol. The Hall–Kier alpha value is -3.55. The van der Waals surface area contributed by atoms with Gasteiger partial charge in [-0.2, -0.15) is 0 Å². The summed E-state index contributed by atoms with van der Waals surface area (Å²) in [6.45, 7) is 2.32. The Labute approximate surface area is 167 Å². The van der Waals surface area contributed by atoms with Gasteiger partial charge in [0.15, 0.2) is 6.61 Å². The molecule has 1 aliphatic rings. The highest BCUT2D eigenvalue weighted by atomic mass is 16.5. The molecule has 8 nitrogen and oxygen atoms in total. The molecule has 3 N–H and O–H groups in total. The van der Waals surface area contributed by atoms with Gasteiger partial charge in [-0.1, -0.05) is 12.1 Å². The van der Waals surface area contributed by atoms with E-state index in [1.807, 2.05) is 19.1 Å². The van der Waals surface area contributed by atoms with Gasteiger partial charge in [-0.15, -0.1) is 0 Å². The van der Waals surface area contributed by atoms with Crippen LogP contribution in [-0.2, 0) is 16.0 Å². The quantitative estimate of drug-likeness (QED) is 0.627. The topological polar surface area (TPSA) is 114 Å². The lowest BCUT2D eigenvalue weighted by Gasteiger charge is -2.18. The van der Waals surface area contributed by atoms with Crippen LogP contribution in [0.3, 0.4) is 0 Å². The third-order valence-electron chi connectivity index (χ3n) is 4.45. The summed E-state index contributed by atoms with van der Waals surface area (Å²) in [6, 6.07) is 11.9. The molecule has 152 valence electrons. The first-order chi connectivity index (χ1) is 14.0. The van der Waals surface area contributed by atoms with Gasteiger partial charge < -0.3 is 25.2 Å². The molecule has 3 rings (SSSR count). The maximum absolute atomic E-state index is 12.4. The monoisotopic (exact) mass is 398 g/mol. The summed E-state index contributed by atoms with van der Waals surface area (Å²) in [5.74, 6) is -1.30. The third-order valence-corrected chi connectivity index (χ3v) is 4.45. The van der Waals surface area contributed by atoms with E-state index >= 15 is 0 Å². The highest BCUT2D eigenvalue weighted by Gasteiger charge is 2.21. The minimum atomic E-state index is -0.990. The fourth-order valence-electron chi connectivity index (χ4n) is 2.95. The van der Waals surface area contributed by atoms with Gasteiger partial charge in [-0.3, -0.25) is 14.4 Å². The number of carbonyl (C=O) groups excluding carboxylic acids is 2. The molecule has 0 bridgehead atoms. The van der Waals surface area contributed by atoms with E-state index in [2.05, 4.69) is 10.6 Å². The number of carboxylic acids is 1. The number of nitrogens with one attached hydrogen (secondary N) is 2. The average Bonchev–Trinajstić information content (AvgIpc) is 2.71. The van der Waals surface area contributed by atoms with Crippen molar-refractivity contribution in [1.29, 1.82) is 0 Å². The second-order valence-electron chi connectivity index (χ2n) is 6.57. The van der Waals surface area contributed by atoms with E-state index in [0.717, 1.165) is 11.3 Å². The maximum atomic E-state index is 12.4. The summed E-state index contributed by atoms with van der Waals surface area (Å²) in [6.07, 6.45) is 0.279. The number of amides is 2. The molecule has 0 aromatic heterocycles. The second-order valence-corrected chi connectivity index (χ2v) is 6.57. The van der Waals surface area contributed by atoms with Crippen LogP contribution in [0.4, 0.5) is 5.69 Å². The second kappa shape index (κ2) is 9.09. The van der Waals surface area contributed by atoms with Crippen molar-refractivity contribution in [2.24, 2.45) is 5.92 Å². The number of aliphatic carboxylic acids is 1. The van der Waals surface area contributed by atoms with Gasteiger partial charge in [0.2, 0.25) is 0 Å². The summed E-state index contributed by atoms with van der Waals surface area (Å²) in [4.78, 5) is 35.3. The molecule has 1 unspecified atom stereocenters. The summed E-state index contributed by atoms with van der Waals surface area (Å²) in [7, 11) is 0. The van der Waals surface area contributed by atoms with Crippen LogP contribution in [0.2, 0.25) is 0 Å². The molecule has 1 atom stereocenters. The fraction of sp³-hybridized carbons (Fsp3) is 0.286. The van der Waals surface area contributed by atoms with Crippen LogP contribution >= 0.6 is 0 Å². The predicted octanol–water partition coefficient (Wildman–Crippen LogP) is 2.09. The van der Waals surface area contributed by atoms with Crippen LogP contribution in [0.5, 0.6) is 11.5 Å². The first-order valence-electron chi connectivity index (χ1n) is 9.25. The highest BCUT2D eigenvalue weighted by Crippen LogP contribution is 2.28. The summed E-state index contributed by atoms with van der Waals surface area (Å²) in [5.41, 5.74) is 1.66. The lowest BCUT2D eigenvalue weighted by atomic mass is 9.99. The minimum absolute atomic E-state index is 0.0178. The van der Waals surface area contributed by atoms with E-state index in [9.17, 15) is 19.5 Å². The van der Waals surface area contributed by atoms with Gasteiger partial charge in [-0.05, 0) is 49.2 Å². The van der Waals surface area contributed by atoms with Crippen LogP contribution in [0.1, 0.15) is 22.8 Å². The van der Waals surface area contributed by atoms with Crippen molar-refractivity contribution >= 4 is 23.5 Å². The molecule has 0 fully saturated rings. The van der Waals surface area contributed by atoms with E-state index in [-0.39, 0.29) is 25.5 Å². The van der Waals surface area contributed by atoms with Gasteiger partial charge >= 0.3 is 5.97 Å². The SMILES string of the molecule is CCOc1ccc(CC(CNC(=O)c2ccc3c(c2)OCC(=O)N3)C(=O)O)cc1. The lowest BCUT2D eigenvalue weighted by molar-refractivity contribution is -0.141. The molecule has 0 spiro atoms. The van der Waals surface area contributed by atoms with Gasteiger partial charge in [0.1, 0.15) is 11.5 Å². The molecular formula is C21H22N2O6. The first kappa shape index (κ1) is 20.2. The molecule has 1 aliphatic heterocycles. The zero-order valence-electron chi connectivity index (χ0n) is 15.9. The van der Waals surface area contributed by atoms with Crippen molar-refractivity contribution in [2.45, 2.75) is 13.3 Å². The predicted molar refractivity (Wildman–Crippen MR) is 105 cm³/mol. The lowest BCUT2D eigenvalue weighted by Crippen LogP contribution is -2.34. The largest absolute Gasteiger partial charge is 0.494 e. The van der Waals surface area contributed by atoms with Crippen LogP contribution in [0.15, 0.2) is 42.5 Å². The highest BCUT2D eigenvalue weighted by molar-refractivity contribution is 5.99. The van der Waals surface area contributed by atoms with Crippen molar-refractivity contribution in [3.63, 3.8) is 0 Å². The zero-order chi connectivity index (χ0) is 20.8. The van der Waals surface area contributed by atoms with Crippen LogP contribution in [0, 0.1) is 5.92 Å². The molecule has 2 aromatic rings. The van der Waals surface area contributed by atoms with E-state index in [1.54, 1.807) is 24.3 Å². The number of rotatable bonds is 8. The number of fused-ring (bicyclic) bond motifs is 1. The Balaban J connectivity index is 1.60. The smallest absolute Gasteiger partial charge is 0.308 e. The third kappa shape index (κ3) is 5.25. The maximum Gasteiger partial charge on any atom is 0.308 e. The van der Waals surface area contributed by atoms with Crippen molar-refractivity contribution in [1.82, 2.24) is 5.32 Å². The molecule has 0 aliphatic carbocycles. The molecule has 0 radical (unpaired) electrons. The molecule has 0 saturated carbocycles. The number of anilines is 1. The van der Waals surface area contributed by atoms with E-state index in [1.165, 1.54) is 6.07 Å². The van der Waals surface area contributed by atoms with E-state index < -0.39 is 17.8 Å². The zero-order valence-corrected chi connectivity index (χ0v) is 15.9. The van der Waals surface area contributed by atoms with E-state index in [0.29, 0.717) is 23.6 Å². The van der Waals surface area contributed by atoms with E-state index in [4.69, 9.17) is 9.47 Å². The number of hydrogen-bond acceptors (Lipinski definition) is 5. The van der Waals surface area contributed by atoms with Crippen molar-refractivity contribution in [3.05, 3.63) is 53.6 Å². The van der Waals surface area contributed by atoms with Crippen molar-refractivity contribution in [2.75, 3.05) is 25.1 Å². The Kier molecular flexibility index (Phi) is 6.33. The standard InChI is InChI=1S/C21H22N2O6/c1-2-28-16-6-3-13(4-7-16)9-15(21(26)27)11-22-20(25)14-5-8-17-18(10-14)29-12-19(24)23-17/h3-8,10,15H,2,9,11-12H2,1H3,(H,22,25)(H,23,24)(H,26,27). The molecule has 2 aromatic carbocycles.